The fourth-order valence-electron chi connectivity index (χ4n) is 1.44. The molecule has 0 aromatic carbocycles. The van der Waals surface area contributed by atoms with E-state index in [9.17, 15) is 9.59 Å². The maximum absolute atomic E-state index is 11.3. The highest BCUT2D eigenvalue weighted by Crippen LogP contribution is 2.28. The number of aliphatic imine (C=N–C) groups is 1. The third-order valence-electron chi connectivity index (χ3n) is 3.81. The molecule has 1 heterocycles. The molecular weight excluding hydrogens is 320 g/mol. The number of allylic oxidation sites excluding steroid dienone is 2. The molecule has 0 unspecified atom stereocenters. The first-order chi connectivity index (χ1) is 11.3. The van der Waals surface area contributed by atoms with Gasteiger partial charge in [0.15, 0.2) is 0 Å². The molecule has 0 saturated carbocycles. The van der Waals surface area contributed by atoms with Crippen LogP contribution in [0, 0.1) is 0 Å². The summed E-state index contributed by atoms with van der Waals surface area (Å²) < 4.78 is 5.42. The second-order valence-electron chi connectivity index (χ2n) is 6.83. The lowest BCUT2D eigenvalue weighted by molar-refractivity contribution is -0.145. The predicted octanol–water partition coefficient (Wildman–Crippen LogP) is 3.61. The van der Waals surface area contributed by atoms with E-state index in [4.69, 9.17) is 9.84 Å². The zero-order valence-corrected chi connectivity index (χ0v) is 16.5. The summed E-state index contributed by atoms with van der Waals surface area (Å²) in [5.74, 6) is 0.0193. The van der Waals surface area contributed by atoms with Gasteiger partial charge in [-0.05, 0) is 55.4 Å². The highest BCUT2D eigenvalue weighted by atomic mass is 16.5. The minimum atomic E-state index is -1.22. The SMILES string of the molecule is C/C=C(\C)C(=O)NC(C)(C)C(=O)O.C=C1OC(/C(C)=C/C)=NC1(C)C. The van der Waals surface area contributed by atoms with Crippen molar-refractivity contribution in [2.24, 2.45) is 4.99 Å². The fourth-order valence-corrected chi connectivity index (χ4v) is 1.44. The van der Waals surface area contributed by atoms with Gasteiger partial charge in [-0.1, -0.05) is 18.7 Å². The topological polar surface area (TPSA) is 88.0 Å². The van der Waals surface area contributed by atoms with Gasteiger partial charge in [0, 0.05) is 11.1 Å². The molecule has 0 spiro atoms. The van der Waals surface area contributed by atoms with Crippen molar-refractivity contribution in [3.63, 3.8) is 0 Å². The van der Waals surface area contributed by atoms with E-state index in [-0.39, 0.29) is 11.4 Å². The third-order valence-corrected chi connectivity index (χ3v) is 3.81. The van der Waals surface area contributed by atoms with Gasteiger partial charge < -0.3 is 15.2 Å². The molecule has 0 bridgehead atoms. The molecule has 1 aliphatic rings. The molecule has 25 heavy (non-hydrogen) atoms. The van der Waals surface area contributed by atoms with Gasteiger partial charge >= 0.3 is 5.97 Å². The van der Waals surface area contributed by atoms with E-state index in [1.807, 2.05) is 33.8 Å². The Hall–Kier alpha value is -2.37. The van der Waals surface area contributed by atoms with Crippen LogP contribution in [-0.4, -0.2) is 34.0 Å². The van der Waals surface area contributed by atoms with E-state index in [0.29, 0.717) is 11.5 Å². The molecule has 0 fully saturated rings. The van der Waals surface area contributed by atoms with Crippen LogP contribution in [-0.2, 0) is 14.3 Å². The number of nitrogens with one attached hydrogen (secondary N) is 1. The Morgan fingerprint density at radius 2 is 1.76 bits per heavy atom. The highest BCUT2D eigenvalue weighted by Gasteiger charge is 2.31. The van der Waals surface area contributed by atoms with Crippen LogP contribution in [0.2, 0.25) is 0 Å². The lowest BCUT2D eigenvalue weighted by Crippen LogP contribution is -2.49. The number of rotatable bonds is 4. The smallest absolute Gasteiger partial charge is 0.328 e. The number of carboxylic acids is 1. The Bertz CT molecular complexity index is 638. The standard InChI is InChI=1S/C10H15NO.C9H15NO3/c1-6-7(2)9-11-10(4,5)8(3)12-9;1-5-6(2)7(11)10-9(3,4)8(12)13/h6H,3H2,1-2,4-5H3;5H,1-4H3,(H,10,11)(H,12,13)/b7-6+;6-5+. The Morgan fingerprint density at radius 1 is 1.24 bits per heavy atom. The lowest BCUT2D eigenvalue weighted by Gasteiger charge is -2.20. The molecule has 0 aliphatic carbocycles. The average Bonchev–Trinajstić information content (AvgIpc) is 2.79. The largest absolute Gasteiger partial charge is 0.480 e. The van der Waals surface area contributed by atoms with Crippen molar-refractivity contribution >= 4 is 17.8 Å². The normalized spacial score (nSPS) is 17.1. The van der Waals surface area contributed by atoms with Gasteiger partial charge in [0.2, 0.25) is 11.8 Å². The van der Waals surface area contributed by atoms with E-state index < -0.39 is 11.5 Å². The number of aliphatic carboxylic acids is 1. The number of amides is 1. The van der Waals surface area contributed by atoms with E-state index in [0.717, 1.165) is 11.3 Å². The van der Waals surface area contributed by atoms with Gasteiger partial charge in [-0.3, -0.25) is 4.79 Å². The molecule has 1 amide bonds. The van der Waals surface area contributed by atoms with Crippen LogP contribution in [0.15, 0.2) is 40.6 Å². The maximum Gasteiger partial charge on any atom is 0.328 e. The molecule has 6 heteroatoms. The summed E-state index contributed by atoms with van der Waals surface area (Å²) in [5, 5.41) is 11.1. The lowest BCUT2D eigenvalue weighted by atomic mass is 10.1. The zero-order valence-electron chi connectivity index (χ0n) is 16.5. The molecule has 2 N–H and O–H groups in total. The molecule has 0 atom stereocenters. The van der Waals surface area contributed by atoms with Crippen molar-refractivity contribution < 1.29 is 19.4 Å². The molecule has 1 rings (SSSR count). The van der Waals surface area contributed by atoms with Crippen LogP contribution in [0.4, 0.5) is 0 Å². The summed E-state index contributed by atoms with van der Waals surface area (Å²) in [4.78, 5) is 26.3. The summed E-state index contributed by atoms with van der Waals surface area (Å²) in [6.07, 6.45) is 3.61. The minimum Gasteiger partial charge on any atom is -0.480 e. The van der Waals surface area contributed by atoms with Crippen LogP contribution >= 0.6 is 0 Å². The van der Waals surface area contributed by atoms with Crippen LogP contribution in [0.25, 0.3) is 0 Å². The third kappa shape index (κ3) is 6.57. The molecule has 0 aromatic heterocycles. The summed E-state index contributed by atoms with van der Waals surface area (Å²) in [6, 6.07) is 0. The van der Waals surface area contributed by atoms with Gasteiger partial charge in [-0.2, -0.15) is 0 Å². The summed E-state index contributed by atoms with van der Waals surface area (Å²) in [6.45, 7) is 18.0. The minimum absolute atomic E-state index is 0.264. The molecule has 1 aliphatic heterocycles. The second kappa shape index (κ2) is 8.65. The number of carbonyl (C=O) groups excluding carboxylic acids is 1. The van der Waals surface area contributed by atoms with Gasteiger partial charge in [-0.25, -0.2) is 9.79 Å². The average molecular weight is 350 g/mol. The highest BCUT2D eigenvalue weighted by molar-refractivity contribution is 5.96. The van der Waals surface area contributed by atoms with Gasteiger partial charge in [0.05, 0.1) is 0 Å². The van der Waals surface area contributed by atoms with Crippen LogP contribution in [0.3, 0.4) is 0 Å². The molecule has 0 saturated heterocycles. The Labute approximate surface area is 150 Å². The maximum atomic E-state index is 11.3. The van der Waals surface area contributed by atoms with Crippen LogP contribution in [0.1, 0.15) is 55.4 Å². The number of hydrogen-bond acceptors (Lipinski definition) is 4. The monoisotopic (exact) mass is 350 g/mol. The number of nitrogens with zero attached hydrogens (tertiary/aromatic N) is 1. The van der Waals surface area contributed by atoms with E-state index >= 15 is 0 Å². The molecule has 140 valence electrons. The first kappa shape index (κ1) is 22.6. The van der Waals surface area contributed by atoms with E-state index in [2.05, 4.69) is 16.9 Å². The molecular formula is C19H30N2O4. The van der Waals surface area contributed by atoms with E-state index in [1.54, 1.807) is 19.9 Å². The van der Waals surface area contributed by atoms with Gasteiger partial charge in [0.1, 0.15) is 16.8 Å². The van der Waals surface area contributed by atoms with Gasteiger partial charge in [-0.15, -0.1) is 0 Å². The van der Waals surface area contributed by atoms with Crippen LogP contribution < -0.4 is 5.32 Å². The number of ether oxygens (including phenoxy) is 1. The predicted molar refractivity (Wildman–Crippen MR) is 100 cm³/mol. The Morgan fingerprint density at radius 3 is 2.08 bits per heavy atom. The van der Waals surface area contributed by atoms with Crippen molar-refractivity contribution in [3.8, 4) is 0 Å². The molecule has 0 radical (unpaired) electrons. The summed E-state index contributed by atoms with van der Waals surface area (Å²) >= 11 is 0. The van der Waals surface area contributed by atoms with Crippen molar-refractivity contribution in [2.75, 3.05) is 0 Å². The van der Waals surface area contributed by atoms with Crippen LogP contribution in [0.5, 0.6) is 0 Å². The fraction of sp³-hybridized carbons (Fsp3) is 0.526. The van der Waals surface area contributed by atoms with Crippen molar-refractivity contribution in [3.05, 3.63) is 35.6 Å². The van der Waals surface area contributed by atoms with Crippen molar-refractivity contribution in [1.82, 2.24) is 5.32 Å². The summed E-state index contributed by atoms with van der Waals surface area (Å²) in [5.41, 5.74) is 0.0806. The number of carboxylic acid groups (broad SMARTS) is 1. The molecule has 0 aromatic rings. The first-order valence-electron chi connectivity index (χ1n) is 8.07. The second-order valence-corrected chi connectivity index (χ2v) is 6.83. The van der Waals surface area contributed by atoms with Crippen molar-refractivity contribution in [1.29, 1.82) is 0 Å². The first-order valence-corrected chi connectivity index (χ1v) is 8.07. The van der Waals surface area contributed by atoms with Gasteiger partial charge in [0.25, 0.3) is 0 Å². The quantitative estimate of drug-likeness (QED) is 0.758. The Kier molecular flexibility index (Phi) is 7.83. The Balaban J connectivity index is 0.000000462. The number of carbonyl (C=O) groups is 2. The zero-order chi connectivity index (χ0) is 20.0. The van der Waals surface area contributed by atoms with Crippen molar-refractivity contribution in [2.45, 2.75) is 66.5 Å². The molecule has 6 nitrogen and oxygen atoms in total. The summed E-state index contributed by atoms with van der Waals surface area (Å²) in [7, 11) is 0. The number of hydrogen-bond donors (Lipinski definition) is 2. The van der Waals surface area contributed by atoms with E-state index in [1.165, 1.54) is 13.8 Å².